The van der Waals surface area contributed by atoms with E-state index in [1.54, 1.807) is 13.8 Å². The highest BCUT2D eigenvalue weighted by atomic mass is 16.5. The first-order valence-electron chi connectivity index (χ1n) is 4.05. The Kier molecular flexibility index (Phi) is 5.46. The molecule has 3 unspecified atom stereocenters. The van der Waals surface area contributed by atoms with Gasteiger partial charge in [0, 0.05) is 0 Å². The zero-order valence-electron chi connectivity index (χ0n) is 7.45. The standard InChI is InChI=1S/C8H18O3/c1-4-8(10)7(3)11-5-6(2)9/h6-10H,4-5H2,1-3H3. The maximum Gasteiger partial charge on any atom is 0.0807 e. The monoisotopic (exact) mass is 162 g/mol. The molecule has 2 N–H and O–H groups in total. The van der Waals surface area contributed by atoms with Crippen molar-refractivity contribution in [2.24, 2.45) is 0 Å². The Morgan fingerprint density at radius 2 is 1.82 bits per heavy atom. The van der Waals surface area contributed by atoms with Crippen molar-refractivity contribution in [3.63, 3.8) is 0 Å². The third-order valence-corrected chi connectivity index (χ3v) is 1.56. The van der Waals surface area contributed by atoms with E-state index in [1.807, 2.05) is 6.92 Å². The lowest BCUT2D eigenvalue weighted by atomic mass is 10.2. The highest BCUT2D eigenvalue weighted by Gasteiger charge is 2.12. The van der Waals surface area contributed by atoms with Gasteiger partial charge in [-0.1, -0.05) is 6.92 Å². The molecule has 3 atom stereocenters. The van der Waals surface area contributed by atoms with Gasteiger partial charge in [-0.05, 0) is 20.3 Å². The second-order valence-electron chi connectivity index (χ2n) is 2.86. The highest BCUT2D eigenvalue weighted by Crippen LogP contribution is 2.02. The predicted octanol–water partition coefficient (Wildman–Crippen LogP) is 0.543. The van der Waals surface area contributed by atoms with E-state index < -0.39 is 12.2 Å². The van der Waals surface area contributed by atoms with Crippen LogP contribution in [0.25, 0.3) is 0 Å². The second kappa shape index (κ2) is 5.52. The first-order chi connectivity index (χ1) is 5.07. The van der Waals surface area contributed by atoms with Crippen LogP contribution in [0, 0.1) is 0 Å². The van der Waals surface area contributed by atoms with Gasteiger partial charge in [-0.2, -0.15) is 0 Å². The Labute approximate surface area is 68.0 Å². The predicted molar refractivity (Wildman–Crippen MR) is 43.4 cm³/mol. The Hall–Kier alpha value is -0.120. The Balaban J connectivity index is 3.43. The average molecular weight is 162 g/mol. The average Bonchev–Trinajstić information content (AvgIpc) is 1.98. The lowest BCUT2D eigenvalue weighted by molar-refractivity contribution is -0.0545. The van der Waals surface area contributed by atoms with Crippen molar-refractivity contribution in [3.8, 4) is 0 Å². The van der Waals surface area contributed by atoms with Crippen molar-refractivity contribution in [1.29, 1.82) is 0 Å². The van der Waals surface area contributed by atoms with Crippen LogP contribution in [-0.2, 0) is 4.74 Å². The topological polar surface area (TPSA) is 49.7 Å². The van der Waals surface area contributed by atoms with E-state index in [0.29, 0.717) is 6.42 Å². The number of rotatable bonds is 5. The van der Waals surface area contributed by atoms with Crippen LogP contribution in [0.1, 0.15) is 27.2 Å². The molecular weight excluding hydrogens is 144 g/mol. The third kappa shape index (κ3) is 5.18. The molecule has 0 bridgehead atoms. The molecule has 0 aliphatic heterocycles. The molecule has 68 valence electrons. The normalized spacial score (nSPS) is 19.4. The molecule has 3 nitrogen and oxygen atoms in total. The number of aliphatic hydroxyl groups is 2. The van der Waals surface area contributed by atoms with Crippen LogP contribution in [0.15, 0.2) is 0 Å². The summed E-state index contributed by atoms with van der Waals surface area (Å²) >= 11 is 0. The SMILES string of the molecule is CCC(O)C(C)OCC(C)O. The van der Waals surface area contributed by atoms with E-state index in [1.165, 1.54) is 0 Å². The minimum Gasteiger partial charge on any atom is -0.391 e. The molecule has 0 radical (unpaired) electrons. The Morgan fingerprint density at radius 1 is 1.27 bits per heavy atom. The smallest absolute Gasteiger partial charge is 0.0807 e. The van der Waals surface area contributed by atoms with Crippen molar-refractivity contribution < 1.29 is 14.9 Å². The molecule has 0 saturated carbocycles. The molecule has 11 heavy (non-hydrogen) atoms. The van der Waals surface area contributed by atoms with E-state index in [2.05, 4.69) is 0 Å². The number of hydrogen-bond donors (Lipinski definition) is 2. The van der Waals surface area contributed by atoms with Crippen molar-refractivity contribution in [2.45, 2.75) is 45.5 Å². The minimum absolute atomic E-state index is 0.186. The summed E-state index contributed by atoms with van der Waals surface area (Å²) in [7, 11) is 0. The fourth-order valence-electron chi connectivity index (χ4n) is 0.734. The lowest BCUT2D eigenvalue weighted by Gasteiger charge is -2.18. The molecule has 0 aliphatic rings. The first-order valence-corrected chi connectivity index (χ1v) is 4.05. The van der Waals surface area contributed by atoms with Crippen LogP contribution in [0.4, 0.5) is 0 Å². The Morgan fingerprint density at radius 3 is 2.18 bits per heavy atom. The fraction of sp³-hybridized carbons (Fsp3) is 1.00. The van der Waals surface area contributed by atoms with Gasteiger partial charge < -0.3 is 14.9 Å². The molecule has 0 aliphatic carbocycles. The molecule has 0 aromatic carbocycles. The summed E-state index contributed by atoms with van der Waals surface area (Å²) in [6, 6.07) is 0. The van der Waals surface area contributed by atoms with E-state index >= 15 is 0 Å². The lowest BCUT2D eigenvalue weighted by Crippen LogP contribution is -2.28. The molecule has 0 aromatic rings. The van der Waals surface area contributed by atoms with Gasteiger partial charge in [-0.3, -0.25) is 0 Å². The van der Waals surface area contributed by atoms with Gasteiger partial charge in [0.2, 0.25) is 0 Å². The third-order valence-electron chi connectivity index (χ3n) is 1.56. The van der Waals surface area contributed by atoms with Crippen molar-refractivity contribution in [2.75, 3.05) is 6.61 Å². The van der Waals surface area contributed by atoms with Crippen LogP contribution >= 0.6 is 0 Å². The second-order valence-corrected chi connectivity index (χ2v) is 2.86. The van der Waals surface area contributed by atoms with Crippen LogP contribution in [0.2, 0.25) is 0 Å². The summed E-state index contributed by atoms with van der Waals surface area (Å²) in [6.07, 6.45) is -0.383. The molecule has 0 aromatic heterocycles. The molecule has 0 amide bonds. The van der Waals surface area contributed by atoms with Gasteiger partial charge in [0.05, 0.1) is 24.9 Å². The Bertz CT molecular complexity index is 93.3. The summed E-state index contributed by atoms with van der Waals surface area (Å²) in [4.78, 5) is 0. The highest BCUT2D eigenvalue weighted by molar-refractivity contribution is 4.61. The summed E-state index contributed by atoms with van der Waals surface area (Å²) in [5.41, 5.74) is 0. The van der Waals surface area contributed by atoms with Gasteiger partial charge in [-0.25, -0.2) is 0 Å². The van der Waals surface area contributed by atoms with Gasteiger partial charge >= 0.3 is 0 Å². The van der Waals surface area contributed by atoms with Gasteiger partial charge in [-0.15, -0.1) is 0 Å². The van der Waals surface area contributed by atoms with Crippen molar-refractivity contribution >= 4 is 0 Å². The maximum absolute atomic E-state index is 9.23. The maximum atomic E-state index is 9.23. The van der Waals surface area contributed by atoms with E-state index in [4.69, 9.17) is 9.84 Å². The largest absolute Gasteiger partial charge is 0.391 e. The molecule has 0 fully saturated rings. The zero-order chi connectivity index (χ0) is 8.85. The molecular formula is C8H18O3. The molecule has 3 heteroatoms. The number of aliphatic hydroxyl groups excluding tert-OH is 2. The molecule has 0 rings (SSSR count). The summed E-state index contributed by atoms with van der Waals surface area (Å²) in [5.74, 6) is 0. The van der Waals surface area contributed by atoms with Crippen LogP contribution in [0.3, 0.4) is 0 Å². The van der Waals surface area contributed by atoms with Gasteiger partial charge in [0.1, 0.15) is 0 Å². The summed E-state index contributed by atoms with van der Waals surface area (Å²) < 4.78 is 5.16. The zero-order valence-corrected chi connectivity index (χ0v) is 7.45. The van der Waals surface area contributed by atoms with E-state index in [0.717, 1.165) is 0 Å². The minimum atomic E-state index is -0.457. The van der Waals surface area contributed by atoms with Gasteiger partial charge in [0.15, 0.2) is 0 Å². The molecule has 0 heterocycles. The van der Waals surface area contributed by atoms with Gasteiger partial charge in [0.25, 0.3) is 0 Å². The van der Waals surface area contributed by atoms with Crippen molar-refractivity contribution in [3.05, 3.63) is 0 Å². The van der Waals surface area contributed by atoms with Crippen LogP contribution in [0.5, 0.6) is 0 Å². The fourth-order valence-corrected chi connectivity index (χ4v) is 0.734. The van der Waals surface area contributed by atoms with Crippen molar-refractivity contribution in [1.82, 2.24) is 0 Å². The molecule has 0 saturated heterocycles. The quantitative estimate of drug-likeness (QED) is 0.620. The number of hydrogen-bond acceptors (Lipinski definition) is 3. The number of ether oxygens (including phenoxy) is 1. The van der Waals surface area contributed by atoms with E-state index in [-0.39, 0.29) is 12.7 Å². The summed E-state index contributed by atoms with van der Waals surface area (Å²) in [6.45, 7) is 5.65. The molecule has 0 spiro atoms. The van der Waals surface area contributed by atoms with E-state index in [9.17, 15) is 5.11 Å². The first kappa shape index (κ1) is 10.9. The van der Waals surface area contributed by atoms with Crippen LogP contribution < -0.4 is 0 Å². The van der Waals surface area contributed by atoms with Crippen LogP contribution in [-0.4, -0.2) is 35.1 Å². The summed E-state index contributed by atoms with van der Waals surface area (Å²) in [5, 5.41) is 18.1.